The second-order valence-corrected chi connectivity index (χ2v) is 8.10. The van der Waals surface area contributed by atoms with Crippen LogP contribution in [-0.4, -0.2) is 43.9 Å². The fourth-order valence-electron chi connectivity index (χ4n) is 4.37. The van der Waals surface area contributed by atoms with Crippen molar-refractivity contribution in [2.45, 2.75) is 77.8 Å². The van der Waals surface area contributed by atoms with Gasteiger partial charge in [0.15, 0.2) is 0 Å². The molecule has 0 radical (unpaired) electrons. The summed E-state index contributed by atoms with van der Waals surface area (Å²) in [4.78, 5) is 9.29. The molecule has 1 atom stereocenters. The fourth-order valence-corrected chi connectivity index (χ4v) is 4.37. The normalized spacial score (nSPS) is 14.9. The lowest BCUT2D eigenvalue weighted by atomic mass is 10.1. The Balaban J connectivity index is 0.00000132. The van der Waals surface area contributed by atoms with Gasteiger partial charge in [0.25, 0.3) is 0 Å². The third kappa shape index (κ3) is 5.34. The number of aryl methyl sites for hydroxylation is 1. The molecule has 0 aliphatic heterocycles. The Bertz CT molecular complexity index is 964. The summed E-state index contributed by atoms with van der Waals surface area (Å²) in [5, 5.41) is 19.0. The molecule has 3 aromatic heterocycles. The number of pyridine rings is 1. The molecule has 0 spiro atoms. The van der Waals surface area contributed by atoms with E-state index in [1.807, 2.05) is 16.8 Å². The van der Waals surface area contributed by atoms with Crippen molar-refractivity contribution >= 4 is 17.3 Å². The maximum Gasteiger partial charge on any atom is 0.223 e. The molecule has 4 rings (SSSR count). The molecule has 3 aromatic rings. The first kappa shape index (κ1) is 23.0. The average Bonchev–Trinajstić information content (AvgIpc) is 3.42. The number of aliphatic hydroxyl groups is 1. The summed E-state index contributed by atoms with van der Waals surface area (Å²) in [6, 6.07) is 9.27. The van der Waals surface area contributed by atoms with Gasteiger partial charge >= 0.3 is 0 Å². The van der Waals surface area contributed by atoms with E-state index in [1.165, 1.54) is 25.7 Å². The first-order chi connectivity index (χ1) is 15.2. The maximum atomic E-state index is 7.00. The monoisotopic (exact) mass is 424 g/mol. The predicted molar refractivity (Wildman–Crippen MR) is 128 cm³/mol. The third-order valence-electron chi connectivity index (χ3n) is 5.91. The molecule has 3 heterocycles. The molecule has 1 saturated carbocycles. The van der Waals surface area contributed by atoms with E-state index in [0.29, 0.717) is 18.0 Å². The number of fused-ring (bicyclic) bond motifs is 1. The molecule has 0 bridgehead atoms. The Labute approximate surface area is 185 Å². The van der Waals surface area contributed by atoms with Crippen LogP contribution in [-0.2, 0) is 0 Å². The highest BCUT2D eigenvalue weighted by Gasteiger charge is 2.19. The lowest BCUT2D eigenvalue weighted by Crippen LogP contribution is -2.19. The molecule has 0 amide bonds. The number of rotatable bonds is 8. The first-order valence-corrected chi connectivity index (χ1v) is 11.5. The first-order valence-electron chi connectivity index (χ1n) is 11.5. The van der Waals surface area contributed by atoms with Crippen molar-refractivity contribution in [1.29, 1.82) is 0 Å². The number of hydrogen-bond donors (Lipinski definition) is 3. The Morgan fingerprint density at radius 2 is 1.94 bits per heavy atom. The molecule has 1 aliphatic carbocycles. The van der Waals surface area contributed by atoms with Crippen LogP contribution in [0.3, 0.4) is 0 Å². The van der Waals surface area contributed by atoms with Crippen LogP contribution in [0.2, 0.25) is 0 Å². The number of aromatic nitrogens is 4. The van der Waals surface area contributed by atoms with Crippen LogP contribution in [0.5, 0.6) is 0 Å². The zero-order valence-electron chi connectivity index (χ0n) is 19.2. The molecule has 7 heteroatoms. The molecule has 3 N–H and O–H groups in total. The van der Waals surface area contributed by atoms with E-state index < -0.39 is 0 Å². The Morgan fingerprint density at radius 1 is 1.16 bits per heavy atom. The van der Waals surface area contributed by atoms with Crippen molar-refractivity contribution in [3.05, 3.63) is 36.2 Å². The Kier molecular flexibility index (Phi) is 8.23. The lowest BCUT2D eigenvalue weighted by molar-refractivity contribution is 0.399. The quantitative estimate of drug-likeness (QED) is 0.469. The molecule has 0 aromatic carbocycles. The molecule has 31 heavy (non-hydrogen) atoms. The van der Waals surface area contributed by atoms with Crippen LogP contribution >= 0.6 is 0 Å². The van der Waals surface area contributed by atoms with Crippen molar-refractivity contribution < 1.29 is 5.11 Å². The van der Waals surface area contributed by atoms with Crippen LogP contribution in [0.4, 0.5) is 11.8 Å². The van der Waals surface area contributed by atoms with Gasteiger partial charge in [-0.25, -0.2) is 14.5 Å². The van der Waals surface area contributed by atoms with E-state index in [9.17, 15) is 0 Å². The number of nitrogens with one attached hydrogen (secondary N) is 2. The lowest BCUT2D eigenvalue weighted by Gasteiger charge is -2.16. The average molecular weight is 425 g/mol. The molecule has 168 valence electrons. The highest BCUT2D eigenvalue weighted by atomic mass is 16.2. The fraction of sp³-hybridized carbons (Fsp3) is 0.542. The predicted octanol–water partition coefficient (Wildman–Crippen LogP) is 5.05. The third-order valence-corrected chi connectivity index (χ3v) is 5.91. The van der Waals surface area contributed by atoms with Gasteiger partial charge in [-0.15, -0.1) is 0 Å². The molecular weight excluding hydrogens is 388 g/mol. The van der Waals surface area contributed by atoms with Crippen LogP contribution in [0.25, 0.3) is 16.8 Å². The van der Waals surface area contributed by atoms with E-state index >= 15 is 0 Å². The Morgan fingerprint density at radius 3 is 2.65 bits per heavy atom. The summed E-state index contributed by atoms with van der Waals surface area (Å²) < 4.78 is 2.03. The van der Waals surface area contributed by atoms with Gasteiger partial charge in [-0.1, -0.05) is 39.2 Å². The SMILES string of the molecule is CCCC(CC)Nc1nccc(-c2c(C)nn3c(NC4CCCC4)cccc23)n1.CO. The number of anilines is 2. The van der Waals surface area contributed by atoms with Crippen molar-refractivity contribution in [3.63, 3.8) is 0 Å². The van der Waals surface area contributed by atoms with Gasteiger partial charge in [-0.3, -0.25) is 0 Å². The minimum atomic E-state index is 0.405. The van der Waals surface area contributed by atoms with Gasteiger partial charge in [0.2, 0.25) is 5.95 Å². The van der Waals surface area contributed by atoms with Crippen LogP contribution in [0.1, 0.15) is 64.5 Å². The molecule has 7 nitrogen and oxygen atoms in total. The van der Waals surface area contributed by atoms with Crippen molar-refractivity contribution in [3.8, 4) is 11.3 Å². The van der Waals surface area contributed by atoms with Gasteiger partial charge in [0.05, 0.1) is 16.9 Å². The van der Waals surface area contributed by atoms with Gasteiger partial charge < -0.3 is 15.7 Å². The summed E-state index contributed by atoms with van der Waals surface area (Å²) in [5.41, 5.74) is 4.06. The highest BCUT2D eigenvalue weighted by Crippen LogP contribution is 2.30. The second kappa shape index (κ2) is 11.1. The molecule has 1 fully saturated rings. The molecule has 0 saturated heterocycles. The van der Waals surface area contributed by atoms with Crippen LogP contribution in [0.15, 0.2) is 30.5 Å². The minimum Gasteiger partial charge on any atom is -0.400 e. The molecular formula is C24H36N6O. The van der Waals surface area contributed by atoms with E-state index in [1.54, 1.807) is 0 Å². The topological polar surface area (TPSA) is 87.4 Å². The number of aliphatic hydroxyl groups excluding tert-OH is 1. The zero-order chi connectivity index (χ0) is 22.2. The van der Waals surface area contributed by atoms with E-state index in [4.69, 9.17) is 15.2 Å². The smallest absolute Gasteiger partial charge is 0.223 e. The highest BCUT2D eigenvalue weighted by molar-refractivity contribution is 5.81. The van der Waals surface area contributed by atoms with Gasteiger partial charge in [-0.05, 0) is 50.8 Å². The Hall–Kier alpha value is -2.67. The van der Waals surface area contributed by atoms with E-state index in [-0.39, 0.29) is 0 Å². The molecule has 1 unspecified atom stereocenters. The van der Waals surface area contributed by atoms with Gasteiger partial charge in [-0.2, -0.15) is 5.10 Å². The van der Waals surface area contributed by atoms with Gasteiger partial charge in [0.1, 0.15) is 5.82 Å². The molecule has 1 aliphatic rings. The van der Waals surface area contributed by atoms with E-state index in [2.05, 4.69) is 54.6 Å². The van der Waals surface area contributed by atoms with Crippen LogP contribution in [0, 0.1) is 6.92 Å². The number of hydrogen-bond acceptors (Lipinski definition) is 6. The van der Waals surface area contributed by atoms with Crippen molar-refractivity contribution in [2.24, 2.45) is 0 Å². The summed E-state index contributed by atoms with van der Waals surface area (Å²) in [6.07, 6.45) is 10.3. The summed E-state index contributed by atoms with van der Waals surface area (Å²) in [6.45, 7) is 6.47. The summed E-state index contributed by atoms with van der Waals surface area (Å²) in [5.74, 6) is 1.76. The van der Waals surface area contributed by atoms with E-state index in [0.717, 1.165) is 54.7 Å². The zero-order valence-corrected chi connectivity index (χ0v) is 19.2. The van der Waals surface area contributed by atoms with Crippen LogP contribution < -0.4 is 10.6 Å². The minimum absolute atomic E-state index is 0.405. The van der Waals surface area contributed by atoms with Crippen molar-refractivity contribution in [1.82, 2.24) is 19.6 Å². The van der Waals surface area contributed by atoms with Crippen molar-refractivity contribution in [2.75, 3.05) is 17.7 Å². The summed E-state index contributed by atoms with van der Waals surface area (Å²) >= 11 is 0. The second-order valence-electron chi connectivity index (χ2n) is 8.10. The maximum absolute atomic E-state index is 7.00. The van der Waals surface area contributed by atoms with Gasteiger partial charge in [0, 0.05) is 31.0 Å². The summed E-state index contributed by atoms with van der Waals surface area (Å²) in [7, 11) is 1.00. The number of nitrogens with zero attached hydrogens (tertiary/aromatic N) is 4. The standard InChI is InChI=1S/C23H32N6.CH4O/c1-4-9-17(5-2)26-23-24-15-14-19(27-23)22-16(3)28-29-20(22)12-8-13-21(29)25-18-10-6-7-11-18;1-2/h8,12-15,17-18,25H,4-7,9-11H2,1-3H3,(H,24,26,27);2H,1H3. The largest absolute Gasteiger partial charge is 0.400 e.